The van der Waals surface area contributed by atoms with E-state index in [9.17, 15) is 9.59 Å². The number of carbonyl (C=O) groups is 2. The SMILES string of the molecule is CNC(=O)C(C)CN(C)C(=O)C(C(N)=NO)C(C)C. The van der Waals surface area contributed by atoms with E-state index in [0.717, 1.165) is 0 Å². The van der Waals surface area contributed by atoms with Crippen LogP contribution >= 0.6 is 0 Å². The van der Waals surface area contributed by atoms with Gasteiger partial charge in [0.1, 0.15) is 5.92 Å². The van der Waals surface area contributed by atoms with Crippen LogP contribution in [0.1, 0.15) is 20.8 Å². The maximum Gasteiger partial charge on any atom is 0.233 e. The van der Waals surface area contributed by atoms with Crippen molar-refractivity contribution >= 4 is 17.6 Å². The van der Waals surface area contributed by atoms with E-state index < -0.39 is 5.92 Å². The highest BCUT2D eigenvalue weighted by Crippen LogP contribution is 2.15. The summed E-state index contributed by atoms with van der Waals surface area (Å²) in [4.78, 5) is 25.1. The molecule has 19 heavy (non-hydrogen) atoms. The Morgan fingerprint density at radius 3 is 2.26 bits per heavy atom. The third kappa shape index (κ3) is 4.76. The van der Waals surface area contributed by atoms with Crippen molar-refractivity contribution in [2.24, 2.45) is 28.6 Å². The van der Waals surface area contributed by atoms with Crippen LogP contribution in [0.15, 0.2) is 5.16 Å². The van der Waals surface area contributed by atoms with Gasteiger partial charge in [0.05, 0.1) is 5.92 Å². The lowest BCUT2D eigenvalue weighted by Gasteiger charge is -2.27. The minimum Gasteiger partial charge on any atom is -0.409 e. The molecule has 2 amide bonds. The Balaban J connectivity index is 4.83. The van der Waals surface area contributed by atoms with Gasteiger partial charge in [-0.25, -0.2) is 0 Å². The number of oxime groups is 1. The zero-order valence-electron chi connectivity index (χ0n) is 12.2. The van der Waals surface area contributed by atoms with Crippen LogP contribution in [0.5, 0.6) is 0 Å². The van der Waals surface area contributed by atoms with Gasteiger partial charge in [-0.05, 0) is 5.92 Å². The summed E-state index contributed by atoms with van der Waals surface area (Å²) in [6, 6.07) is 0. The highest BCUT2D eigenvalue weighted by molar-refractivity contribution is 6.02. The largest absolute Gasteiger partial charge is 0.409 e. The predicted molar refractivity (Wildman–Crippen MR) is 72.6 cm³/mol. The molecular formula is C12H24N4O3. The van der Waals surface area contributed by atoms with Gasteiger partial charge in [0.15, 0.2) is 5.84 Å². The van der Waals surface area contributed by atoms with E-state index in [1.807, 2.05) is 13.8 Å². The molecule has 0 spiro atoms. The second-order valence-corrected chi connectivity index (χ2v) is 4.98. The zero-order chi connectivity index (χ0) is 15.2. The first kappa shape index (κ1) is 17.2. The van der Waals surface area contributed by atoms with Gasteiger partial charge < -0.3 is 21.2 Å². The Morgan fingerprint density at radius 2 is 1.89 bits per heavy atom. The number of rotatable bonds is 6. The first-order valence-electron chi connectivity index (χ1n) is 6.20. The predicted octanol–water partition coefficient (Wildman–Crippen LogP) is -0.154. The molecule has 0 aliphatic heterocycles. The third-order valence-corrected chi connectivity index (χ3v) is 2.98. The van der Waals surface area contributed by atoms with E-state index in [0.29, 0.717) is 0 Å². The van der Waals surface area contributed by atoms with Gasteiger partial charge in [0, 0.05) is 20.6 Å². The van der Waals surface area contributed by atoms with Crippen LogP contribution in [0.2, 0.25) is 0 Å². The molecule has 7 heteroatoms. The first-order chi connectivity index (χ1) is 8.76. The maximum absolute atomic E-state index is 12.3. The van der Waals surface area contributed by atoms with E-state index >= 15 is 0 Å². The van der Waals surface area contributed by atoms with Crippen molar-refractivity contribution in [3.05, 3.63) is 0 Å². The highest BCUT2D eigenvalue weighted by atomic mass is 16.4. The maximum atomic E-state index is 12.3. The highest BCUT2D eigenvalue weighted by Gasteiger charge is 2.30. The average molecular weight is 272 g/mol. The number of amides is 2. The molecule has 0 aromatic heterocycles. The van der Waals surface area contributed by atoms with Crippen molar-refractivity contribution in [3.63, 3.8) is 0 Å². The summed E-state index contributed by atoms with van der Waals surface area (Å²) >= 11 is 0. The third-order valence-electron chi connectivity index (χ3n) is 2.98. The molecule has 2 unspecified atom stereocenters. The van der Waals surface area contributed by atoms with Crippen LogP contribution in [0.3, 0.4) is 0 Å². The molecule has 0 bridgehead atoms. The van der Waals surface area contributed by atoms with Crippen molar-refractivity contribution < 1.29 is 14.8 Å². The monoisotopic (exact) mass is 272 g/mol. The number of nitrogens with two attached hydrogens (primary N) is 1. The Hall–Kier alpha value is -1.79. The zero-order valence-corrected chi connectivity index (χ0v) is 12.2. The van der Waals surface area contributed by atoms with Crippen LogP contribution < -0.4 is 11.1 Å². The molecule has 0 radical (unpaired) electrons. The molecule has 0 saturated carbocycles. The average Bonchev–Trinajstić information content (AvgIpc) is 2.36. The number of carbonyl (C=O) groups excluding carboxylic acids is 2. The topological polar surface area (TPSA) is 108 Å². The Morgan fingerprint density at radius 1 is 1.37 bits per heavy atom. The molecular weight excluding hydrogens is 248 g/mol. The molecule has 110 valence electrons. The molecule has 0 aliphatic rings. The fourth-order valence-electron chi connectivity index (χ4n) is 1.88. The van der Waals surface area contributed by atoms with Gasteiger partial charge >= 0.3 is 0 Å². The Labute approximate surface area is 113 Å². The van der Waals surface area contributed by atoms with Crippen LogP contribution in [0.25, 0.3) is 0 Å². The fraction of sp³-hybridized carbons (Fsp3) is 0.750. The van der Waals surface area contributed by atoms with Crippen molar-refractivity contribution in [1.82, 2.24) is 10.2 Å². The Kier molecular flexibility index (Phi) is 6.89. The van der Waals surface area contributed by atoms with Crippen molar-refractivity contribution in [2.75, 3.05) is 20.6 Å². The molecule has 0 saturated heterocycles. The quantitative estimate of drug-likeness (QED) is 0.270. The van der Waals surface area contributed by atoms with Gasteiger partial charge in [0.25, 0.3) is 0 Å². The summed E-state index contributed by atoms with van der Waals surface area (Å²) in [7, 11) is 3.15. The van der Waals surface area contributed by atoms with Crippen molar-refractivity contribution in [3.8, 4) is 0 Å². The van der Waals surface area contributed by atoms with E-state index in [4.69, 9.17) is 10.9 Å². The van der Waals surface area contributed by atoms with Gasteiger partial charge in [-0.3, -0.25) is 9.59 Å². The standard InChI is InChI=1S/C12H24N4O3/c1-7(2)9(10(13)15-19)12(18)16(5)6-8(3)11(17)14-4/h7-9,19H,6H2,1-5H3,(H2,13,15)(H,14,17). The van der Waals surface area contributed by atoms with E-state index in [-0.39, 0.29) is 36.0 Å². The minimum atomic E-state index is -0.688. The normalized spacial score (nSPS) is 14.9. The number of nitrogens with zero attached hydrogens (tertiary/aromatic N) is 2. The second kappa shape index (κ2) is 7.60. The van der Waals surface area contributed by atoms with Gasteiger partial charge in [-0.2, -0.15) is 0 Å². The summed E-state index contributed by atoms with van der Waals surface area (Å²) < 4.78 is 0. The molecule has 0 aromatic rings. The molecule has 0 heterocycles. The van der Waals surface area contributed by atoms with Gasteiger partial charge in [-0.15, -0.1) is 0 Å². The van der Waals surface area contributed by atoms with Gasteiger partial charge in [0.2, 0.25) is 11.8 Å². The van der Waals surface area contributed by atoms with Crippen LogP contribution in [-0.4, -0.2) is 48.4 Å². The molecule has 0 fully saturated rings. The molecule has 0 aromatic carbocycles. The van der Waals surface area contributed by atoms with E-state index in [1.54, 1.807) is 21.0 Å². The lowest BCUT2D eigenvalue weighted by atomic mass is 9.93. The van der Waals surface area contributed by atoms with Crippen LogP contribution in [-0.2, 0) is 9.59 Å². The Bertz CT molecular complexity index is 355. The van der Waals surface area contributed by atoms with Gasteiger partial charge in [-0.1, -0.05) is 25.9 Å². The lowest BCUT2D eigenvalue weighted by molar-refractivity contribution is -0.134. The van der Waals surface area contributed by atoms with Crippen molar-refractivity contribution in [2.45, 2.75) is 20.8 Å². The summed E-state index contributed by atoms with van der Waals surface area (Å²) in [5.74, 6) is -1.61. The van der Waals surface area contributed by atoms with E-state index in [1.165, 1.54) is 4.90 Å². The number of nitrogens with one attached hydrogen (secondary N) is 1. The number of hydrogen-bond donors (Lipinski definition) is 3. The fourth-order valence-corrected chi connectivity index (χ4v) is 1.88. The van der Waals surface area contributed by atoms with Crippen LogP contribution in [0.4, 0.5) is 0 Å². The number of amidine groups is 1. The first-order valence-corrected chi connectivity index (χ1v) is 6.20. The summed E-state index contributed by atoms with van der Waals surface area (Å²) in [5, 5.41) is 14.2. The summed E-state index contributed by atoms with van der Waals surface area (Å²) in [6.45, 7) is 5.64. The molecule has 7 nitrogen and oxygen atoms in total. The molecule has 2 atom stereocenters. The van der Waals surface area contributed by atoms with Crippen molar-refractivity contribution in [1.29, 1.82) is 0 Å². The lowest BCUT2D eigenvalue weighted by Crippen LogP contribution is -2.45. The molecule has 4 N–H and O–H groups in total. The summed E-state index contributed by atoms with van der Waals surface area (Å²) in [6.07, 6.45) is 0. The summed E-state index contributed by atoms with van der Waals surface area (Å²) in [5.41, 5.74) is 5.55. The minimum absolute atomic E-state index is 0.0962. The van der Waals surface area contributed by atoms with E-state index in [2.05, 4.69) is 10.5 Å². The second-order valence-electron chi connectivity index (χ2n) is 4.98. The molecule has 0 rings (SSSR count). The van der Waals surface area contributed by atoms with Crippen LogP contribution in [0, 0.1) is 17.8 Å². The number of hydrogen-bond acceptors (Lipinski definition) is 4. The smallest absolute Gasteiger partial charge is 0.233 e. The molecule has 0 aliphatic carbocycles.